The van der Waals surface area contributed by atoms with Crippen LogP contribution in [0, 0.1) is 0 Å². The number of benzene rings is 1. The fourth-order valence-corrected chi connectivity index (χ4v) is 2.55. The van der Waals surface area contributed by atoms with Gasteiger partial charge in [-0.25, -0.2) is 0 Å². The minimum atomic E-state index is 0.745. The van der Waals surface area contributed by atoms with Crippen molar-refractivity contribution in [2.75, 3.05) is 20.3 Å². The Morgan fingerprint density at radius 1 is 1.05 bits per heavy atom. The topological polar surface area (TPSA) is 30.5 Å². The molecule has 1 N–H and O–H groups in total. The fourth-order valence-electron chi connectivity index (χ4n) is 2.55. The van der Waals surface area contributed by atoms with Gasteiger partial charge in [-0.15, -0.1) is 0 Å². The zero-order valence-electron chi connectivity index (χ0n) is 11.9. The van der Waals surface area contributed by atoms with E-state index in [4.69, 9.17) is 9.47 Å². The first-order valence-electron chi connectivity index (χ1n) is 7.39. The molecule has 0 saturated heterocycles. The summed E-state index contributed by atoms with van der Waals surface area (Å²) >= 11 is 0. The second-order valence-electron chi connectivity index (χ2n) is 5.17. The molecule has 1 aromatic carbocycles. The van der Waals surface area contributed by atoms with Crippen LogP contribution in [0.4, 0.5) is 0 Å². The van der Waals surface area contributed by atoms with Gasteiger partial charge in [-0.3, -0.25) is 0 Å². The number of hydrogen-bond acceptors (Lipinski definition) is 3. The highest BCUT2D eigenvalue weighted by molar-refractivity contribution is 5.31. The Balaban J connectivity index is 1.55. The summed E-state index contributed by atoms with van der Waals surface area (Å²) < 4.78 is 10.8. The number of hydrogen-bond donors (Lipinski definition) is 1. The molecule has 0 atom stereocenters. The summed E-state index contributed by atoms with van der Waals surface area (Å²) in [6, 6.07) is 8.50. The third-order valence-electron chi connectivity index (χ3n) is 3.69. The molecule has 0 bridgehead atoms. The van der Waals surface area contributed by atoms with Gasteiger partial charge in [-0.2, -0.15) is 0 Å². The van der Waals surface area contributed by atoms with E-state index < -0.39 is 0 Å². The summed E-state index contributed by atoms with van der Waals surface area (Å²) in [7, 11) is 1.67. The number of nitrogens with one attached hydrogen (secondary N) is 1. The first-order chi connectivity index (χ1) is 9.38. The van der Waals surface area contributed by atoms with Gasteiger partial charge in [0.2, 0.25) is 0 Å². The van der Waals surface area contributed by atoms with Gasteiger partial charge in [-0.05, 0) is 50.1 Å². The molecule has 106 valence electrons. The first kappa shape index (κ1) is 14.2. The van der Waals surface area contributed by atoms with Crippen molar-refractivity contribution in [2.45, 2.75) is 44.6 Å². The average molecular weight is 263 g/mol. The van der Waals surface area contributed by atoms with Gasteiger partial charge in [0.05, 0.1) is 13.7 Å². The maximum Gasteiger partial charge on any atom is 0.119 e. The van der Waals surface area contributed by atoms with E-state index in [0.717, 1.165) is 37.1 Å². The summed E-state index contributed by atoms with van der Waals surface area (Å²) in [5, 5.41) is 3.63. The van der Waals surface area contributed by atoms with Gasteiger partial charge in [0, 0.05) is 6.04 Å². The van der Waals surface area contributed by atoms with E-state index in [0.29, 0.717) is 0 Å². The van der Waals surface area contributed by atoms with Gasteiger partial charge in [0.1, 0.15) is 11.5 Å². The normalized spacial score (nSPS) is 16.3. The van der Waals surface area contributed by atoms with E-state index in [9.17, 15) is 0 Å². The molecule has 0 amide bonds. The van der Waals surface area contributed by atoms with Gasteiger partial charge < -0.3 is 14.8 Å². The van der Waals surface area contributed by atoms with Gasteiger partial charge in [0.15, 0.2) is 0 Å². The lowest BCUT2D eigenvalue weighted by atomic mass is 9.95. The predicted octanol–water partition coefficient (Wildman–Crippen LogP) is 3.39. The molecular formula is C16H25NO2. The molecule has 3 nitrogen and oxygen atoms in total. The molecule has 3 heteroatoms. The quantitative estimate of drug-likeness (QED) is 0.765. The van der Waals surface area contributed by atoms with Crippen LogP contribution in [0.25, 0.3) is 0 Å². The van der Waals surface area contributed by atoms with Crippen LogP contribution < -0.4 is 14.8 Å². The molecule has 0 spiro atoms. The number of ether oxygens (including phenoxy) is 2. The van der Waals surface area contributed by atoms with Crippen molar-refractivity contribution in [3.05, 3.63) is 24.3 Å². The number of methoxy groups -OCH3 is 1. The standard InChI is InChI=1S/C16H25NO2/c1-18-15-8-10-16(11-9-15)19-13-5-12-17-14-6-3-2-4-7-14/h8-11,14,17H,2-7,12-13H2,1H3. The highest BCUT2D eigenvalue weighted by Crippen LogP contribution is 2.18. The third kappa shape index (κ3) is 5.11. The Bertz CT molecular complexity index is 344. The summed E-state index contributed by atoms with van der Waals surface area (Å²) in [4.78, 5) is 0. The minimum absolute atomic E-state index is 0.745. The molecule has 0 aliphatic heterocycles. The SMILES string of the molecule is COc1ccc(OCCCNC2CCCCC2)cc1. The molecule has 0 aromatic heterocycles. The molecular weight excluding hydrogens is 238 g/mol. The van der Waals surface area contributed by atoms with Gasteiger partial charge in [0.25, 0.3) is 0 Å². The second kappa shape index (κ2) is 8.05. The Hall–Kier alpha value is -1.22. The van der Waals surface area contributed by atoms with Crippen LogP contribution in [0.2, 0.25) is 0 Å². The lowest BCUT2D eigenvalue weighted by Gasteiger charge is -2.22. The van der Waals surface area contributed by atoms with E-state index in [1.807, 2.05) is 24.3 Å². The minimum Gasteiger partial charge on any atom is -0.497 e. The van der Waals surface area contributed by atoms with Crippen molar-refractivity contribution >= 4 is 0 Å². The smallest absolute Gasteiger partial charge is 0.119 e. The molecule has 0 radical (unpaired) electrons. The summed E-state index contributed by atoms with van der Waals surface area (Å²) in [6.07, 6.45) is 7.94. The van der Waals surface area contributed by atoms with E-state index in [1.54, 1.807) is 7.11 Å². The van der Waals surface area contributed by atoms with Crippen LogP contribution in [-0.4, -0.2) is 26.3 Å². The Morgan fingerprint density at radius 2 is 1.74 bits per heavy atom. The van der Waals surface area contributed by atoms with Crippen LogP contribution in [0.5, 0.6) is 11.5 Å². The van der Waals surface area contributed by atoms with Crippen LogP contribution >= 0.6 is 0 Å². The van der Waals surface area contributed by atoms with Crippen molar-refractivity contribution in [1.82, 2.24) is 5.32 Å². The third-order valence-corrected chi connectivity index (χ3v) is 3.69. The largest absolute Gasteiger partial charge is 0.497 e. The average Bonchev–Trinajstić information content (AvgIpc) is 2.49. The molecule has 0 heterocycles. The zero-order valence-corrected chi connectivity index (χ0v) is 11.9. The zero-order chi connectivity index (χ0) is 13.3. The molecule has 19 heavy (non-hydrogen) atoms. The summed E-state index contributed by atoms with van der Waals surface area (Å²) in [5.74, 6) is 1.78. The van der Waals surface area contributed by atoms with Gasteiger partial charge >= 0.3 is 0 Å². The first-order valence-corrected chi connectivity index (χ1v) is 7.39. The number of rotatable bonds is 7. The lowest BCUT2D eigenvalue weighted by molar-refractivity contribution is 0.296. The van der Waals surface area contributed by atoms with E-state index in [2.05, 4.69) is 5.32 Å². The highest BCUT2D eigenvalue weighted by Gasteiger charge is 2.11. The summed E-state index contributed by atoms with van der Waals surface area (Å²) in [5.41, 5.74) is 0. The monoisotopic (exact) mass is 263 g/mol. The van der Waals surface area contributed by atoms with Crippen LogP contribution in [-0.2, 0) is 0 Å². The molecule has 1 aliphatic rings. The lowest BCUT2D eigenvalue weighted by Crippen LogP contribution is -2.32. The molecule has 1 aliphatic carbocycles. The van der Waals surface area contributed by atoms with Gasteiger partial charge in [-0.1, -0.05) is 19.3 Å². The molecule has 1 saturated carbocycles. The predicted molar refractivity (Wildman–Crippen MR) is 78.0 cm³/mol. The molecule has 1 aromatic rings. The maximum atomic E-state index is 5.70. The second-order valence-corrected chi connectivity index (χ2v) is 5.17. The fraction of sp³-hybridized carbons (Fsp3) is 0.625. The van der Waals surface area contributed by atoms with Crippen molar-refractivity contribution in [3.8, 4) is 11.5 Å². The maximum absolute atomic E-state index is 5.70. The van der Waals surface area contributed by atoms with Crippen molar-refractivity contribution in [2.24, 2.45) is 0 Å². The van der Waals surface area contributed by atoms with E-state index in [-0.39, 0.29) is 0 Å². The van der Waals surface area contributed by atoms with Crippen molar-refractivity contribution in [1.29, 1.82) is 0 Å². The van der Waals surface area contributed by atoms with Crippen LogP contribution in [0.15, 0.2) is 24.3 Å². The van der Waals surface area contributed by atoms with E-state index in [1.165, 1.54) is 32.1 Å². The Labute approximate surface area is 116 Å². The summed E-state index contributed by atoms with van der Waals surface area (Å²) in [6.45, 7) is 1.83. The molecule has 0 unspecified atom stereocenters. The van der Waals surface area contributed by atoms with Crippen molar-refractivity contribution < 1.29 is 9.47 Å². The Morgan fingerprint density at radius 3 is 2.42 bits per heavy atom. The molecule has 2 rings (SSSR count). The molecule has 1 fully saturated rings. The van der Waals surface area contributed by atoms with Crippen molar-refractivity contribution in [3.63, 3.8) is 0 Å². The highest BCUT2D eigenvalue weighted by atomic mass is 16.5. The van der Waals surface area contributed by atoms with Crippen LogP contribution in [0.3, 0.4) is 0 Å². The van der Waals surface area contributed by atoms with Crippen LogP contribution in [0.1, 0.15) is 38.5 Å². The van der Waals surface area contributed by atoms with E-state index >= 15 is 0 Å². The Kier molecular flexibility index (Phi) is 6.02.